The number of carbonyl (C=O) groups is 1. The molecule has 0 aliphatic rings. The molecule has 7 heteroatoms. The van der Waals surface area contributed by atoms with E-state index in [4.69, 9.17) is 0 Å². The summed E-state index contributed by atoms with van der Waals surface area (Å²) in [5.41, 5.74) is 1.12. The van der Waals surface area contributed by atoms with Gasteiger partial charge < -0.3 is 0 Å². The van der Waals surface area contributed by atoms with Crippen LogP contribution in [0, 0.1) is 10.1 Å². The highest BCUT2D eigenvalue weighted by atomic mass is 32.1. The highest BCUT2D eigenvalue weighted by Crippen LogP contribution is 2.25. The van der Waals surface area contributed by atoms with Crippen molar-refractivity contribution in [2.75, 3.05) is 5.32 Å². The first-order chi connectivity index (χ1) is 11.1. The Bertz CT molecular complexity index is 795. The molecular weight excluding hydrogens is 314 g/mol. The van der Waals surface area contributed by atoms with Gasteiger partial charge in [0.2, 0.25) is 0 Å². The van der Waals surface area contributed by atoms with Crippen molar-refractivity contribution < 1.29 is 9.72 Å². The summed E-state index contributed by atoms with van der Waals surface area (Å²) in [5, 5.41) is 13.8. The number of rotatable bonds is 3. The number of para-hydroxylation sites is 1. The third-order valence-corrected chi connectivity index (χ3v) is 3.81. The van der Waals surface area contributed by atoms with Crippen LogP contribution >= 0.6 is 11.3 Å². The Morgan fingerprint density at radius 2 is 1.78 bits per heavy atom. The number of carbonyl (C=O) groups excluding carboxylic acids is 1. The molecule has 0 radical (unpaired) electrons. The Kier molecular flexibility index (Phi) is 5.37. The molecule has 0 aliphatic heterocycles. The Morgan fingerprint density at radius 3 is 2.39 bits per heavy atom. The lowest BCUT2D eigenvalue weighted by molar-refractivity contribution is -0.384. The van der Waals surface area contributed by atoms with Gasteiger partial charge in [-0.2, -0.15) is 0 Å². The van der Waals surface area contributed by atoms with E-state index in [0.29, 0.717) is 10.7 Å². The quantitative estimate of drug-likeness (QED) is 0.567. The van der Waals surface area contributed by atoms with Crippen molar-refractivity contribution in [3.05, 3.63) is 64.2 Å². The molecule has 1 amide bonds. The minimum absolute atomic E-state index is 0.0495. The van der Waals surface area contributed by atoms with Gasteiger partial charge in [-0.25, -0.2) is 4.98 Å². The number of nitro groups is 1. The lowest BCUT2D eigenvalue weighted by Gasteiger charge is -2.00. The molecule has 6 nitrogen and oxygen atoms in total. The lowest BCUT2D eigenvalue weighted by Crippen LogP contribution is -2.11. The number of non-ortho nitro benzene ring substituents is 1. The maximum Gasteiger partial charge on any atom is 0.269 e. The second-order valence-electron chi connectivity index (χ2n) is 4.24. The third-order valence-electron chi connectivity index (χ3n) is 2.85. The summed E-state index contributed by atoms with van der Waals surface area (Å²) in [4.78, 5) is 26.4. The Balaban J connectivity index is 0.000000924. The van der Waals surface area contributed by atoms with Gasteiger partial charge in [0, 0.05) is 17.7 Å². The van der Waals surface area contributed by atoms with Crippen LogP contribution in [-0.4, -0.2) is 15.8 Å². The maximum absolute atomic E-state index is 12.1. The van der Waals surface area contributed by atoms with E-state index >= 15 is 0 Å². The third kappa shape index (κ3) is 3.89. The molecule has 0 bridgehead atoms. The van der Waals surface area contributed by atoms with Gasteiger partial charge in [0.05, 0.1) is 15.1 Å². The molecular formula is C16H15N3O3S. The summed E-state index contributed by atoms with van der Waals surface area (Å²) in [7, 11) is 0. The van der Waals surface area contributed by atoms with E-state index in [1.165, 1.54) is 35.6 Å². The zero-order chi connectivity index (χ0) is 16.8. The second kappa shape index (κ2) is 7.46. The molecule has 0 unspecified atom stereocenters. The average Bonchev–Trinajstić information content (AvgIpc) is 2.99. The zero-order valence-electron chi connectivity index (χ0n) is 12.6. The fourth-order valence-corrected chi connectivity index (χ4v) is 2.69. The average molecular weight is 329 g/mol. The number of nitrogens with one attached hydrogen (secondary N) is 1. The van der Waals surface area contributed by atoms with E-state index < -0.39 is 4.92 Å². The Labute approximate surface area is 136 Å². The van der Waals surface area contributed by atoms with Crippen LogP contribution in [0.1, 0.15) is 24.2 Å². The van der Waals surface area contributed by atoms with E-state index in [0.717, 1.165) is 10.2 Å². The minimum atomic E-state index is -0.505. The predicted molar refractivity (Wildman–Crippen MR) is 92.0 cm³/mol. The number of anilines is 1. The van der Waals surface area contributed by atoms with Crippen LogP contribution in [0.3, 0.4) is 0 Å². The molecule has 3 aromatic rings. The topological polar surface area (TPSA) is 85.1 Å². The molecule has 1 aromatic heterocycles. The Hall–Kier alpha value is -2.80. The largest absolute Gasteiger partial charge is 0.298 e. The van der Waals surface area contributed by atoms with Gasteiger partial charge in [0.15, 0.2) is 5.13 Å². The standard InChI is InChI=1S/C14H9N3O3S.C2H6/c18-13(9-5-7-10(8-6-9)17(19)20)16-14-15-11-3-1-2-4-12(11)21-14;1-2/h1-8H,(H,15,16,18);1-2H3. The molecule has 0 saturated carbocycles. The number of hydrogen-bond donors (Lipinski definition) is 1. The van der Waals surface area contributed by atoms with E-state index in [9.17, 15) is 14.9 Å². The van der Waals surface area contributed by atoms with E-state index in [1.54, 1.807) is 0 Å². The maximum atomic E-state index is 12.1. The van der Waals surface area contributed by atoms with Crippen LogP contribution in [0.2, 0.25) is 0 Å². The number of amides is 1. The van der Waals surface area contributed by atoms with E-state index in [2.05, 4.69) is 10.3 Å². The van der Waals surface area contributed by atoms with Gasteiger partial charge in [-0.1, -0.05) is 37.3 Å². The van der Waals surface area contributed by atoms with Gasteiger partial charge in [0.25, 0.3) is 11.6 Å². The molecule has 1 heterocycles. The van der Waals surface area contributed by atoms with Crippen molar-refractivity contribution in [2.24, 2.45) is 0 Å². The van der Waals surface area contributed by atoms with Crippen molar-refractivity contribution in [1.82, 2.24) is 4.98 Å². The van der Waals surface area contributed by atoms with Gasteiger partial charge in [-0.05, 0) is 24.3 Å². The van der Waals surface area contributed by atoms with Gasteiger partial charge in [-0.15, -0.1) is 0 Å². The SMILES string of the molecule is CC.O=C(Nc1nc2ccccc2s1)c1ccc([N+](=O)[O-])cc1. The molecule has 23 heavy (non-hydrogen) atoms. The molecule has 0 spiro atoms. The summed E-state index contributed by atoms with van der Waals surface area (Å²) in [6, 6.07) is 13.0. The van der Waals surface area contributed by atoms with Crippen LogP contribution in [-0.2, 0) is 0 Å². The van der Waals surface area contributed by atoms with Crippen molar-refractivity contribution >= 4 is 38.3 Å². The van der Waals surface area contributed by atoms with Crippen LogP contribution < -0.4 is 5.32 Å². The van der Waals surface area contributed by atoms with Crippen LogP contribution in [0.25, 0.3) is 10.2 Å². The number of hydrogen-bond acceptors (Lipinski definition) is 5. The van der Waals surface area contributed by atoms with Gasteiger partial charge in [0.1, 0.15) is 0 Å². The van der Waals surface area contributed by atoms with Crippen molar-refractivity contribution in [1.29, 1.82) is 0 Å². The fourth-order valence-electron chi connectivity index (χ4n) is 1.83. The van der Waals surface area contributed by atoms with Crippen molar-refractivity contribution in [3.63, 3.8) is 0 Å². The predicted octanol–water partition coefficient (Wildman–Crippen LogP) is 4.48. The summed E-state index contributed by atoms with van der Waals surface area (Å²) in [6.45, 7) is 4.00. The molecule has 0 fully saturated rings. The van der Waals surface area contributed by atoms with Gasteiger partial charge >= 0.3 is 0 Å². The van der Waals surface area contributed by atoms with Crippen molar-refractivity contribution in [2.45, 2.75) is 13.8 Å². The van der Waals surface area contributed by atoms with Crippen LogP contribution in [0.5, 0.6) is 0 Å². The number of fused-ring (bicyclic) bond motifs is 1. The summed E-state index contributed by atoms with van der Waals surface area (Å²) in [5.74, 6) is -0.344. The fraction of sp³-hybridized carbons (Fsp3) is 0.125. The number of nitro benzene ring substituents is 1. The first-order valence-electron chi connectivity index (χ1n) is 7.05. The summed E-state index contributed by atoms with van der Waals surface area (Å²) in [6.07, 6.45) is 0. The normalized spacial score (nSPS) is 9.83. The Morgan fingerprint density at radius 1 is 1.13 bits per heavy atom. The zero-order valence-corrected chi connectivity index (χ0v) is 13.5. The van der Waals surface area contributed by atoms with E-state index in [-0.39, 0.29) is 11.6 Å². The number of thiazole rings is 1. The monoisotopic (exact) mass is 329 g/mol. The first-order valence-corrected chi connectivity index (χ1v) is 7.86. The summed E-state index contributed by atoms with van der Waals surface area (Å²) >= 11 is 1.38. The van der Waals surface area contributed by atoms with Gasteiger partial charge in [-0.3, -0.25) is 20.2 Å². The number of aromatic nitrogens is 1. The molecule has 0 atom stereocenters. The minimum Gasteiger partial charge on any atom is -0.298 e. The molecule has 118 valence electrons. The molecule has 0 saturated heterocycles. The smallest absolute Gasteiger partial charge is 0.269 e. The van der Waals surface area contributed by atoms with Crippen LogP contribution in [0.4, 0.5) is 10.8 Å². The highest BCUT2D eigenvalue weighted by molar-refractivity contribution is 7.22. The molecule has 3 rings (SSSR count). The molecule has 1 N–H and O–H groups in total. The van der Waals surface area contributed by atoms with Crippen molar-refractivity contribution in [3.8, 4) is 0 Å². The highest BCUT2D eigenvalue weighted by Gasteiger charge is 2.11. The van der Waals surface area contributed by atoms with Crippen LogP contribution in [0.15, 0.2) is 48.5 Å². The molecule has 0 aliphatic carbocycles. The number of nitrogens with zero attached hydrogens (tertiary/aromatic N) is 2. The lowest BCUT2D eigenvalue weighted by atomic mass is 10.2. The van der Waals surface area contributed by atoms with E-state index in [1.807, 2.05) is 38.1 Å². The molecule has 2 aromatic carbocycles. The second-order valence-corrected chi connectivity index (χ2v) is 5.28. The first kappa shape index (κ1) is 16.6. The summed E-state index contributed by atoms with van der Waals surface area (Å²) < 4.78 is 0.983. The number of benzene rings is 2.